The molecule has 0 aromatic heterocycles. The van der Waals surface area contributed by atoms with Gasteiger partial charge in [-0.15, -0.1) is 12.6 Å². The number of hydrogen-bond donors (Lipinski definition) is 2. The maximum Gasteiger partial charge on any atom is 0.255 e. The van der Waals surface area contributed by atoms with E-state index in [9.17, 15) is 4.79 Å². The Morgan fingerprint density at radius 1 is 1.05 bits per heavy atom. The minimum Gasteiger partial charge on any atom is -0.490 e. The van der Waals surface area contributed by atoms with Crippen LogP contribution in [0.3, 0.4) is 0 Å². The summed E-state index contributed by atoms with van der Waals surface area (Å²) in [6.07, 6.45) is 0.852. The Balaban J connectivity index is 1.79. The number of fused-ring (bicyclic) bond motifs is 1. The number of benzene rings is 2. The SMILES string of the molecule is O=C(Nc1ccc2c(c1)OCCCO2)c1cccc(S)c1. The molecule has 0 atom stereocenters. The van der Waals surface area contributed by atoms with Gasteiger partial charge in [0.05, 0.1) is 13.2 Å². The zero-order chi connectivity index (χ0) is 14.7. The second-order valence-electron chi connectivity index (χ2n) is 4.72. The average molecular weight is 301 g/mol. The summed E-state index contributed by atoms with van der Waals surface area (Å²) in [7, 11) is 0. The van der Waals surface area contributed by atoms with Crippen molar-refractivity contribution in [3.8, 4) is 11.5 Å². The molecule has 0 fully saturated rings. The molecule has 0 unspecified atom stereocenters. The summed E-state index contributed by atoms with van der Waals surface area (Å²) in [4.78, 5) is 12.9. The lowest BCUT2D eigenvalue weighted by Gasteiger charge is -2.10. The Kier molecular flexibility index (Phi) is 4.01. The van der Waals surface area contributed by atoms with Crippen molar-refractivity contribution in [1.82, 2.24) is 0 Å². The molecule has 1 aliphatic rings. The Bertz CT molecular complexity index is 672. The van der Waals surface area contributed by atoms with Crippen molar-refractivity contribution in [1.29, 1.82) is 0 Å². The molecular formula is C16H15NO3S. The molecule has 1 N–H and O–H groups in total. The molecule has 1 aliphatic heterocycles. The molecule has 0 saturated heterocycles. The van der Waals surface area contributed by atoms with E-state index < -0.39 is 0 Å². The van der Waals surface area contributed by atoms with Gasteiger partial charge in [-0.1, -0.05) is 6.07 Å². The molecule has 108 valence electrons. The first-order valence-corrected chi connectivity index (χ1v) is 7.17. The van der Waals surface area contributed by atoms with Gasteiger partial charge >= 0.3 is 0 Å². The van der Waals surface area contributed by atoms with Crippen LogP contribution in [-0.2, 0) is 0 Å². The molecule has 0 spiro atoms. The number of hydrogen-bond acceptors (Lipinski definition) is 4. The van der Waals surface area contributed by atoms with E-state index in [1.165, 1.54) is 0 Å². The Hall–Kier alpha value is -2.14. The summed E-state index contributed by atoms with van der Waals surface area (Å²) in [6.45, 7) is 1.26. The quantitative estimate of drug-likeness (QED) is 0.836. The first-order valence-electron chi connectivity index (χ1n) is 6.72. The largest absolute Gasteiger partial charge is 0.490 e. The van der Waals surface area contributed by atoms with E-state index >= 15 is 0 Å². The van der Waals surface area contributed by atoms with Gasteiger partial charge in [-0.2, -0.15) is 0 Å². The van der Waals surface area contributed by atoms with Crippen molar-refractivity contribution >= 4 is 24.2 Å². The predicted octanol–water partition coefficient (Wildman–Crippen LogP) is 3.39. The van der Waals surface area contributed by atoms with E-state index in [0.29, 0.717) is 36.0 Å². The number of ether oxygens (including phenoxy) is 2. The highest BCUT2D eigenvalue weighted by atomic mass is 32.1. The zero-order valence-electron chi connectivity index (χ0n) is 11.3. The van der Waals surface area contributed by atoms with Crippen molar-refractivity contribution in [3.05, 3.63) is 48.0 Å². The van der Waals surface area contributed by atoms with Crippen molar-refractivity contribution in [2.45, 2.75) is 11.3 Å². The highest BCUT2D eigenvalue weighted by Crippen LogP contribution is 2.32. The van der Waals surface area contributed by atoms with Gasteiger partial charge in [0.15, 0.2) is 11.5 Å². The maximum absolute atomic E-state index is 12.2. The third-order valence-electron chi connectivity index (χ3n) is 3.11. The van der Waals surface area contributed by atoms with Crippen molar-refractivity contribution in [3.63, 3.8) is 0 Å². The van der Waals surface area contributed by atoms with Crippen LogP contribution in [0.2, 0.25) is 0 Å². The minimum absolute atomic E-state index is 0.180. The van der Waals surface area contributed by atoms with Crippen LogP contribution in [0.5, 0.6) is 11.5 Å². The molecule has 0 bridgehead atoms. The number of thiol groups is 1. The van der Waals surface area contributed by atoms with Gasteiger partial charge < -0.3 is 14.8 Å². The fourth-order valence-electron chi connectivity index (χ4n) is 2.09. The third-order valence-corrected chi connectivity index (χ3v) is 3.39. The van der Waals surface area contributed by atoms with Gasteiger partial charge in [0.2, 0.25) is 0 Å². The van der Waals surface area contributed by atoms with Crippen LogP contribution >= 0.6 is 12.6 Å². The molecule has 0 aliphatic carbocycles. The number of carbonyl (C=O) groups is 1. The first-order chi connectivity index (χ1) is 10.2. The van der Waals surface area contributed by atoms with E-state index in [4.69, 9.17) is 9.47 Å². The minimum atomic E-state index is -0.180. The van der Waals surface area contributed by atoms with Crippen LogP contribution in [0.15, 0.2) is 47.4 Å². The summed E-state index contributed by atoms with van der Waals surface area (Å²) in [5, 5.41) is 2.85. The fraction of sp³-hybridized carbons (Fsp3) is 0.188. The van der Waals surface area contributed by atoms with Gasteiger partial charge in [-0.3, -0.25) is 4.79 Å². The summed E-state index contributed by atoms with van der Waals surface area (Å²) in [6, 6.07) is 12.5. The lowest BCUT2D eigenvalue weighted by molar-refractivity contribution is 0.102. The summed E-state index contributed by atoms with van der Waals surface area (Å²) in [5.74, 6) is 1.19. The van der Waals surface area contributed by atoms with E-state index in [-0.39, 0.29) is 5.91 Å². The second-order valence-corrected chi connectivity index (χ2v) is 5.23. The highest BCUT2D eigenvalue weighted by Gasteiger charge is 2.12. The molecule has 4 nitrogen and oxygen atoms in total. The lowest BCUT2D eigenvalue weighted by atomic mass is 10.2. The lowest BCUT2D eigenvalue weighted by Crippen LogP contribution is -2.11. The van der Waals surface area contributed by atoms with Crippen LogP contribution in [-0.4, -0.2) is 19.1 Å². The number of carbonyl (C=O) groups excluding carboxylic acids is 1. The van der Waals surface area contributed by atoms with Crippen LogP contribution in [0.25, 0.3) is 0 Å². The molecule has 5 heteroatoms. The highest BCUT2D eigenvalue weighted by molar-refractivity contribution is 7.80. The number of anilines is 1. The molecule has 0 radical (unpaired) electrons. The normalized spacial score (nSPS) is 13.4. The summed E-state index contributed by atoms with van der Waals surface area (Å²) < 4.78 is 11.2. The number of rotatable bonds is 2. The van der Waals surface area contributed by atoms with Gasteiger partial charge in [-0.25, -0.2) is 0 Å². The van der Waals surface area contributed by atoms with Gasteiger partial charge in [0.1, 0.15) is 0 Å². The van der Waals surface area contributed by atoms with Crippen LogP contribution in [0.1, 0.15) is 16.8 Å². The molecule has 3 rings (SSSR count). The monoisotopic (exact) mass is 301 g/mol. The van der Waals surface area contributed by atoms with Gasteiger partial charge in [0, 0.05) is 28.6 Å². The maximum atomic E-state index is 12.2. The molecule has 0 saturated carbocycles. The first kappa shape index (κ1) is 13.8. The van der Waals surface area contributed by atoms with E-state index in [1.807, 2.05) is 12.1 Å². The third kappa shape index (κ3) is 3.31. The number of amides is 1. The average Bonchev–Trinajstić information content (AvgIpc) is 2.72. The Morgan fingerprint density at radius 2 is 1.86 bits per heavy atom. The van der Waals surface area contributed by atoms with Crippen LogP contribution in [0, 0.1) is 0 Å². The zero-order valence-corrected chi connectivity index (χ0v) is 12.2. The summed E-state index contributed by atoms with van der Waals surface area (Å²) >= 11 is 4.24. The van der Waals surface area contributed by atoms with E-state index in [1.54, 1.807) is 30.3 Å². The van der Waals surface area contributed by atoms with Crippen LogP contribution in [0.4, 0.5) is 5.69 Å². The second kappa shape index (κ2) is 6.10. The van der Waals surface area contributed by atoms with Crippen molar-refractivity contribution in [2.75, 3.05) is 18.5 Å². The van der Waals surface area contributed by atoms with Gasteiger partial charge in [0.25, 0.3) is 5.91 Å². The molecule has 21 heavy (non-hydrogen) atoms. The summed E-state index contributed by atoms with van der Waals surface area (Å²) in [5.41, 5.74) is 1.24. The molecule has 2 aromatic rings. The van der Waals surface area contributed by atoms with Crippen molar-refractivity contribution < 1.29 is 14.3 Å². The van der Waals surface area contributed by atoms with Crippen molar-refractivity contribution in [2.24, 2.45) is 0 Å². The molecular weight excluding hydrogens is 286 g/mol. The molecule has 1 amide bonds. The molecule has 1 heterocycles. The van der Waals surface area contributed by atoms with Crippen LogP contribution < -0.4 is 14.8 Å². The number of nitrogens with one attached hydrogen (secondary N) is 1. The van der Waals surface area contributed by atoms with E-state index in [0.717, 1.165) is 11.3 Å². The Labute approximate surface area is 128 Å². The fourth-order valence-corrected chi connectivity index (χ4v) is 2.32. The molecule has 2 aromatic carbocycles. The van der Waals surface area contributed by atoms with E-state index in [2.05, 4.69) is 17.9 Å². The standard InChI is InChI=1S/C16H15NO3S/c18-16(11-3-1-4-13(21)9-11)17-12-5-6-14-15(10-12)20-8-2-7-19-14/h1,3-6,9-10,21H,2,7-8H2,(H,17,18). The van der Waals surface area contributed by atoms with Gasteiger partial charge in [-0.05, 0) is 30.3 Å². The topological polar surface area (TPSA) is 47.6 Å². The Morgan fingerprint density at radius 3 is 2.67 bits per heavy atom. The predicted molar refractivity (Wildman–Crippen MR) is 83.7 cm³/mol. The smallest absolute Gasteiger partial charge is 0.255 e.